The molecule has 1 aromatic carbocycles. The zero-order valence-electron chi connectivity index (χ0n) is 11.2. The lowest BCUT2D eigenvalue weighted by Crippen LogP contribution is -1.97. The third-order valence-corrected chi connectivity index (χ3v) is 3.85. The molecular formula is C15H19N3O. The van der Waals surface area contributed by atoms with Crippen molar-refractivity contribution in [1.82, 2.24) is 10.1 Å². The molecule has 0 amide bonds. The second kappa shape index (κ2) is 5.03. The molecule has 4 heteroatoms. The fourth-order valence-electron chi connectivity index (χ4n) is 2.82. The van der Waals surface area contributed by atoms with Crippen LogP contribution >= 0.6 is 0 Å². The maximum atomic E-state index is 5.77. The van der Waals surface area contributed by atoms with Crippen molar-refractivity contribution >= 4 is 5.69 Å². The molecule has 100 valence electrons. The standard InChI is InChI=1S/C15H19N3O/c1-10-5-6-12(7-10)15-17-14(19-18-15)9-11-3-2-4-13(16)8-11/h2-4,8,10,12H,5-7,9,16H2,1H3. The maximum absolute atomic E-state index is 5.77. The van der Waals surface area contributed by atoms with Crippen LogP contribution in [0.2, 0.25) is 0 Å². The molecule has 2 unspecified atom stereocenters. The van der Waals surface area contributed by atoms with Gasteiger partial charge in [0.1, 0.15) is 0 Å². The normalized spacial score (nSPS) is 22.8. The lowest BCUT2D eigenvalue weighted by Gasteiger charge is -2.01. The molecule has 3 rings (SSSR count). The largest absolute Gasteiger partial charge is 0.399 e. The van der Waals surface area contributed by atoms with Crippen molar-refractivity contribution < 1.29 is 4.52 Å². The number of anilines is 1. The first-order valence-electron chi connectivity index (χ1n) is 6.87. The van der Waals surface area contributed by atoms with E-state index in [2.05, 4.69) is 17.1 Å². The fraction of sp³-hybridized carbons (Fsp3) is 0.467. The van der Waals surface area contributed by atoms with Gasteiger partial charge < -0.3 is 10.3 Å². The lowest BCUT2D eigenvalue weighted by atomic mass is 10.1. The highest BCUT2D eigenvalue weighted by atomic mass is 16.5. The van der Waals surface area contributed by atoms with Gasteiger partial charge in [0.2, 0.25) is 5.89 Å². The molecule has 2 atom stereocenters. The Labute approximate surface area is 113 Å². The summed E-state index contributed by atoms with van der Waals surface area (Å²) in [5.41, 5.74) is 7.64. The van der Waals surface area contributed by atoms with Crippen molar-refractivity contribution in [3.8, 4) is 0 Å². The Morgan fingerprint density at radius 1 is 1.37 bits per heavy atom. The molecular weight excluding hydrogens is 238 g/mol. The molecule has 4 nitrogen and oxygen atoms in total. The number of nitrogen functional groups attached to an aromatic ring is 1. The van der Waals surface area contributed by atoms with Gasteiger partial charge in [-0.05, 0) is 42.9 Å². The van der Waals surface area contributed by atoms with E-state index in [1.165, 1.54) is 19.3 Å². The molecule has 1 aliphatic carbocycles. The van der Waals surface area contributed by atoms with Crippen LogP contribution < -0.4 is 5.73 Å². The monoisotopic (exact) mass is 257 g/mol. The van der Waals surface area contributed by atoms with Gasteiger partial charge in [-0.15, -0.1) is 0 Å². The number of nitrogens with two attached hydrogens (primary N) is 1. The van der Waals surface area contributed by atoms with Gasteiger partial charge in [-0.2, -0.15) is 4.98 Å². The lowest BCUT2D eigenvalue weighted by molar-refractivity contribution is 0.375. The Kier molecular flexibility index (Phi) is 3.23. The predicted octanol–water partition coefficient (Wildman–Crippen LogP) is 3.15. The van der Waals surface area contributed by atoms with Gasteiger partial charge in [0.25, 0.3) is 0 Å². The Balaban J connectivity index is 1.71. The van der Waals surface area contributed by atoms with Gasteiger partial charge in [-0.3, -0.25) is 0 Å². The summed E-state index contributed by atoms with van der Waals surface area (Å²) in [6.45, 7) is 2.29. The molecule has 1 aromatic heterocycles. The zero-order valence-corrected chi connectivity index (χ0v) is 11.2. The quantitative estimate of drug-likeness (QED) is 0.858. The molecule has 1 aliphatic rings. The van der Waals surface area contributed by atoms with Gasteiger partial charge in [-0.25, -0.2) is 0 Å². The zero-order chi connectivity index (χ0) is 13.2. The molecule has 19 heavy (non-hydrogen) atoms. The number of hydrogen-bond acceptors (Lipinski definition) is 4. The summed E-state index contributed by atoms with van der Waals surface area (Å²) in [6.07, 6.45) is 4.28. The van der Waals surface area contributed by atoms with Gasteiger partial charge in [0, 0.05) is 11.6 Å². The minimum atomic E-state index is 0.480. The number of aromatic nitrogens is 2. The van der Waals surface area contributed by atoms with Crippen molar-refractivity contribution in [2.24, 2.45) is 5.92 Å². The van der Waals surface area contributed by atoms with Crippen molar-refractivity contribution in [3.05, 3.63) is 41.5 Å². The molecule has 0 bridgehead atoms. The first-order chi connectivity index (χ1) is 9.20. The molecule has 0 aliphatic heterocycles. The molecule has 1 fully saturated rings. The van der Waals surface area contributed by atoms with Crippen LogP contribution in [0.1, 0.15) is 49.4 Å². The number of nitrogens with zero attached hydrogens (tertiary/aromatic N) is 2. The molecule has 0 radical (unpaired) electrons. The minimum absolute atomic E-state index is 0.480. The van der Waals surface area contributed by atoms with Crippen molar-refractivity contribution in [2.45, 2.75) is 38.5 Å². The summed E-state index contributed by atoms with van der Waals surface area (Å²) in [7, 11) is 0. The van der Waals surface area contributed by atoms with Crippen molar-refractivity contribution in [3.63, 3.8) is 0 Å². The van der Waals surface area contributed by atoms with Crippen LogP contribution in [0.4, 0.5) is 5.69 Å². The molecule has 1 saturated carbocycles. The molecule has 2 aromatic rings. The highest BCUT2D eigenvalue weighted by molar-refractivity contribution is 5.41. The summed E-state index contributed by atoms with van der Waals surface area (Å²) in [5.74, 6) is 2.82. The van der Waals surface area contributed by atoms with E-state index in [0.29, 0.717) is 18.2 Å². The van der Waals surface area contributed by atoms with Crippen LogP contribution in [0.5, 0.6) is 0 Å². The van der Waals surface area contributed by atoms with E-state index in [1.807, 2.05) is 24.3 Å². The second-order valence-electron chi connectivity index (χ2n) is 5.58. The summed E-state index contributed by atoms with van der Waals surface area (Å²) < 4.78 is 5.35. The third kappa shape index (κ3) is 2.78. The van der Waals surface area contributed by atoms with Crippen LogP contribution in [0.15, 0.2) is 28.8 Å². The molecule has 0 saturated heterocycles. The Morgan fingerprint density at radius 3 is 3.00 bits per heavy atom. The first kappa shape index (κ1) is 12.2. The molecule has 0 spiro atoms. The van der Waals surface area contributed by atoms with E-state index in [1.54, 1.807) is 0 Å². The van der Waals surface area contributed by atoms with Crippen LogP contribution in [-0.2, 0) is 6.42 Å². The topological polar surface area (TPSA) is 64.9 Å². The Bertz CT molecular complexity index is 564. The van der Waals surface area contributed by atoms with Crippen LogP contribution in [0.3, 0.4) is 0 Å². The average molecular weight is 257 g/mol. The van der Waals surface area contributed by atoms with Crippen LogP contribution in [0, 0.1) is 5.92 Å². The summed E-state index contributed by atoms with van der Waals surface area (Å²) in [6, 6.07) is 7.79. The number of benzene rings is 1. The summed E-state index contributed by atoms with van der Waals surface area (Å²) in [4.78, 5) is 4.53. The van der Waals surface area contributed by atoms with Crippen molar-refractivity contribution in [1.29, 1.82) is 0 Å². The highest BCUT2D eigenvalue weighted by Gasteiger charge is 2.26. The van der Waals surface area contributed by atoms with E-state index in [-0.39, 0.29) is 0 Å². The maximum Gasteiger partial charge on any atom is 0.231 e. The smallest absolute Gasteiger partial charge is 0.231 e. The second-order valence-corrected chi connectivity index (χ2v) is 5.58. The minimum Gasteiger partial charge on any atom is -0.399 e. The predicted molar refractivity (Wildman–Crippen MR) is 73.7 cm³/mol. The van der Waals surface area contributed by atoms with Crippen LogP contribution in [0.25, 0.3) is 0 Å². The summed E-state index contributed by atoms with van der Waals surface area (Å²) >= 11 is 0. The SMILES string of the molecule is CC1CCC(c2noc(Cc3cccc(N)c3)n2)C1. The van der Waals surface area contributed by atoms with E-state index < -0.39 is 0 Å². The first-order valence-corrected chi connectivity index (χ1v) is 6.87. The van der Waals surface area contributed by atoms with E-state index >= 15 is 0 Å². The van der Waals surface area contributed by atoms with Gasteiger partial charge in [-0.1, -0.05) is 24.2 Å². The third-order valence-electron chi connectivity index (χ3n) is 3.85. The van der Waals surface area contributed by atoms with E-state index in [0.717, 1.165) is 23.0 Å². The molecule has 1 heterocycles. The summed E-state index contributed by atoms with van der Waals surface area (Å²) in [5, 5.41) is 4.13. The highest BCUT2D eigenvalue weighted by Crippen LogP contribution is 2.36. The number of rotatable bonds is 3. The van der Waals surface area contributed by atoms with Crippen LogP contribution in [-0.4, -0.2) is 10.1 Å². The molecule has 2 N–H and O–H groups in total. The van der Waals surface area contributed by atoms with Gasteiger partial charge in [0.05, 0.1) is 6.42 Å². The van der Waals surface area contributed by atoms with E-state index in [9.17, 15) is 0 Å². The van der Waals surface area contributed by atoms with E-state index in [4.69, 9.17) is 10.3 Å². The van der Waals surface area contributed by atoms with Crippen molar-refractivity contribution in [2.75, 3.05) is 5.73 Å². The van der Waals surface area contributed by atoms with Gasteiger partial charge >= 0.3 is 0 Å². The number of hydrogen-bond donors (Lipinski definition) is 1. The fourth-order valence-corrected chi connectivity index (χ4v) is 2.82. The Hall–Kier alpha value is -1.84. The average Bonchev–Trinajstić information content (AvgIpc) is 2.98. The van der Waals surface area contributed by atoms with Gasteiger partial charge in [0.15, 0.2) is 5.82 Å². The Morgan fingerprint density at radius 2 is 2.26 bits per heavy atom.